The Morgan fingerprint density at radius 2 is 1.68 bits per heavy atom. The largest absolute Gasteiger partial charge is 0.389 e. The predicted octanol–water partition coefficient (Wildman–Crippen LogP) is 7.30. The zero-order valence-corrected chi connectivity index (χ0v) is 23.5. The number of hydrogen-bond acceptors (Lipinski definition) is 5. The minimum atomic E-state index is -4.05. The summed E-state index contributed by atoms with van der Waals surface area (Å²) in [5, 5.41) is 8.73. The quantitative estimate of drug-likeness (QED) is 0.0853. The number of aryl methyl sites for hydroxylation is 2. The van der Waals surface area contributed by atoms with Gasteiger partial charge in [-0.2, -0.15) is 13.2 Å². The molecular formula is C28H43F3N4OS. The van der Waals surface area contributed by atoms with Gasteiger partial charge >= 0.3 is 6.18 Å². The molecular weight excluding hydrogens is 497 g/mol. The van der Waals surface area contributed by atoms with Gasteiger partial charge in [0, 0.05) is 45.7 Å². The van der Waals surface area contributed by atoms with Gasteiger partial charge in [0.05, 0.1) is 11.4 Å². The molecule has 0 unspecified atom stereocenters. The Labute approximate surface area is 224 Å². The lowest BCUT2D eigenvalue weighted by atomic mass is 9.89. The van der Waals surface area contributed by atoms with Crippen molar-refractivity contribution in [2.45, 2.75) is 89.8 Å². The zero-order valence-electron chi connectivity index (χ0n) is 22.7. The first kappa shape index (κ1) is 31.2. The number of piperidine rings is 1. The molecule has 208 valence electrons. The van der Waals surface area contributed by atoms with E-state index in [2.05, 4.69) is 57.4 Å². The molecule has 1 aromatic carbocycles. The molecule has 1 fully saturated rings. The van der Waals surface area contributed by atoms with Crippen LogP contribution < -0.4 is 10.6 Å². The lowest BCUT2D eigenvalue weighted by molar-refractivity contribution is -0.135. The van der Waals surface area contributed by atoms with Gasteiger partial charge in [0.2, 0.25) is 0 Å². The highest BCUT2D eigenvalue weighted by Gasteiger charge is 2.35. The average Bonchev–Trinajstić information content (AvgIpc) is 2.86. The maximum atomic E-state index is 12.2. The van der Waals surface area contributed by atoms with E-state index in [1.54, 1.807) is 19.0 Å². The number of aldehydes is 1. The summed E-state index contributed by atoms with van der Waals surface area (Å²) in [6, 6.07) is 4.29. The van der Waals surface area contributed by atoms with Crippen molar-refractivity contribution in [2.24, 2.45) is 4.99 Å². The number of alkyl halides is 3. The van der Waals surface area contributed by atoms with Gasteiger partial charge in [-0.15, -0.1) is 0 Å². The molecule has 0 aromatic heterocycles. The second kappa shape index (κ2) is 15.4. The SMILES string of the molecule is CN=C(CCCCCCCCC(F)(F)F)NC1(C=O)CCN(S/C=C/c2c(C)cc(NC)cc2C)CC1. The van der Waals surface area contributed by atoms with Crippen LogP contribution in [0.1, 0.15) is 80.9 Å². The Hall–Kier alpha value is -2.00. The number of hydrogen-bond donors (Lipinski definition) is 2. The second-order valence-electron chi connectivity index (χ2n) is 9.92. The molecule has 0 atom stereocenters. The third-order valence-corrected chi connectivity index (χ3v) is 7.88. The molecule has 0 bridgehead atoms. The highest BCUT2D eigenvalue weighted by molar-refractivity contribution is 8.00. The number of nitrogens with one attached hydrogen (secondary N) is 2. The van der Waals surface area contributed by atoms with Crippen LogP contribution in [0.5, 0.6) is 0 Å². The smallest absolute Gasteiger partial charge is 0.388 e. The molecule has 2 N–H and O–H groups in total. The van der Waals surface area contributed by atoms with Crippen molar-refractivity contribution in [3.8, 4) is 0 Å². The van der Waals surface area contributed by atoms with Gasteiger partial charge in [0.15, 0.2) is 0 Å². The third kappa shape index (κ3) is 11.1. The molecule has 1 aliphatic rings. The summed E-state index contributed by atoms with van der Waals surface area (Å²) in [5.74, 6) is 0.834. The fourth-order valence-corrected chi connectivity index (χ4v) is 5.43. The lowest BCUT2D eigenvalue weighted by Gasteiger charge is -2.38. The van der Waals surface area contributed by atoms with E-state index in [1.807, 2.05) is 7.05 Å². The number of unbranched alkanes of at least 4 members (excludes halogenated alkanes) is 5. The highest BCUT2D eigenvalue weighted by Crippen LogP contribution is 2.28. The molecule has 0 radical (unpaired) electrons. The summed E-state index contributed by atoms with van der Waals surface area (Å²) in [6.07, 6.45) is 5.07. The van der Waals surface area contributed by atoms with E-state index in [0.717, 1.165) is 63.0 Å². The summed E-state index contributed by atoms with van der Waals surface area (Å²) in [5.41, 5.74) is 4.22. The van der Waals surface area contributed by atoms with E-state index in [4.69, 9.17) is 0 Å². The summed E-state index contributed by atoms with van der Waals surface area (Å²) in [6.45, 7) is 5.84. The molecule has 0 amide bonds. The summed E-state index contributed by atoms with van der Waals surface area (Å²) in [7, 11) is 3.66. The summed E-state index contributed by atoms with van der Waals surface area (Å²) < 4.78 is 38.9. The molecule has 0 spiro atoms. The van der Waals surface area contributed by atoms with Crippen LogP contribution in [0.4, 0.5) is 18.9 Å². The van der Waals surface area contributed by atoms with Crippen LogP contribution in [0.2, 0.25) is 0 Å². The van der Waals surface area contributed by atoms with Gasteiger partial charge in [-0.1, -0.05) is 37.6 Å². The fourth-order valence-electron chi connectivity index (χ4n) is 4.67. The first-order valence-electron chi connectivity index (χ1n) is 13.3. The molecule has 2 rings (SSSR count). The van der Waals surface area contributed by atoms with E-state index < -0.39 is 18.1 Å². The summed E-state index contributed by atoms with van der Waals surface area (Å²) >= 11 is 1.68. The predicted molar refractivity (Wildman–Crippen MR) is 151 cm³/mol. The van der Waals surface area contributed by atoms with Crippen molar-refractivity contribution < 1.29 is 18.0 Å². The first-order valence-corrected chi connectivity index (χ1v) is 14.1. The van der Waals surface area contributed by atoms with Crippen LogP contribution >= 0.6 is 11.9 Å². The van der Waals surface area contributed by atoms with Crippen LogP contribution in [-0.2, 0) is 4.79 Å². The Balaban J connectivity index is 1.73. The highest BCUT2D eigenvalue weighted by atomic mass is 32.2. The van der Waals surface area contributed by atoms with E-state index in [-0.39, 0.29) is 6.42 Å². The number of aliphatic imine (C=N–C) groups is 1. The number of benzene rings is 1. The van der Waals surface area contributed by atoms with Gasteiger partial charge in [0.25, 0.3) is 0 Å². The molecule has 1 aliphatic heterocycles. The average molecular weight is 541 g/mol. The van der Waals surface area contributed by atoms with Crippen molar-refractivity contribution in [1.82, 2.24) is 9.62 Å². The van der Waals surface area contributed by atoms with Crippen LogP contribution in [-0.4, -0.2) is 55.3 Å². The fraction of sp³-hybridized carbons (Fsp3) is 0.643. The first-order chi connectivity index (χ1) is 17.6. The monoisotopic (exact) mass is 540 g/mol. The van der Waals surface area contributed by atoms with Crippen molar-refractivity contribution in [2.75, 3.05) is 32.5 Å². The zero-order chi connectivity index (χ0) is 27.3. The molecule has 1 heterocycles. The number of rotatable bonds is 14. The number of amidine groups is 1. The summed E-state index contributed by atoms with van der Waals surface area (Å²) in [4.78, 5) is 16.4. The molecule has 37 heavy (non-hydrogen) atoms. The number of halogens is 3. The number of carbonyl (C=O) groups is 1. The van der Waals surface area contributed by atoms with Gasteiger partial charge in [-0.3, -0.25) is 4.99 Å². The Bertz CT molecular complexity index is 886. The molecule has 0 saturated carbocycles. The topological polar surface area (TPSA) is 56.7 Å². The molecule has 1 aromatic rings. The molecule has 9 heteroatoms. The van der Waals surface area contributed by atoms with Crippen LogP contribution in [0.15, 0.2) is 22.5 Å². The Morgan fingerprint density at radius 3 is 2.22 bits per heavy atom. The maximum absolute atomic E-state index is 12.2. The number of nitrogens with zero attached hydrogens (tertiary/aromatic N) is 2. The lowest BCUT2D eigenvalue weighted by Crippen LogP contribution is -2.55. The van der Waals surface area contributed by atoms with E-state index in [9.17, 15) is 18.0 Å². The molecule has 5 nitrogen and oxygen atoms in total. The van der Waals surface area contributed by atoms with Crippen molar-refractivity contribution >= 4 is 35.8 Å². The van der Waals surface area contributed by atoms with Crippen molar-refractivity contribution in [3.63, 3.8) is 0 Å². The van der Waals surface area contributed by atoms with Gasteiger partial charge < -0.3 is 15.4 Å². The Kier molecular flexibility index (Phi) is 13.0. The van der Waals surface area contributed by atoms with Gasteiger partial charge in [-0.05, 0) is 79.8 Å². The second-order valence-corrected chi connectivity index (χ2v) is 10.9. The third-order valence-electron chi connectivity index (χ3n) is 6.95. The normalized spacial score (nSPS) is 16.8. The van der Waals surface area contributed by atoms with Crippen LogP contribution in [0, 0.1) is 13.8 Å². The number of anilines is 1. The molecule has 0 aliphatic carbocycles. The van der Waals surface area contributed by atoms with Crippen molar-refractivity contribution in [1.29, 1.82) is 0 Å². The maximum Gasteiger partial charge on any atom is 0.389 e. The molecule has 1 saturated heterocycles. The standard InChI is InChI=1S/C28H43F3N4OS/c1-22-19-24(32-3)20-23(2)25(22)12-18-37-35-16-14-27(21-36,15-17-35)34-26(33-4)11-9-7-5-6-8-10-13-28(29,30)31/h12,18-21,32H,5-11,13-17H2,1-4H3,(H,33,34)/b18-12+. The minimum absolute atomic E-state index is 0.211. The van der Waals surface area contributed by atoms with Gasteiger partial charge in [-0.25, -0.2) is 4.31 Å². The van der Waals surface area contributed by atoms with Gasteiger partial charge in [0.1, 0.15) is 6.29 Å². The van der Waals surface area contributed by atoms with Crippen LogP contribution in [0.25, 0.3) is 6.08 Å². The minimum Gasteiger partial charge on any atom is -0.388 e. The van der Waals surface area contributed by atoms with E-state index >= 15 is 0 Å². The van der Waals surface area contributed by atoms with E-state index in [1.165, 1.54) is 16.7 Å². The van der Waals surface area contributed by atoms with Crippen molar-refractivity contribution in [3.05, 3.63) is 34.2 Å². The Morgan fingerprint density at radius 1 is 1.08 bits per heavy atom. The number of carbonyl (C=O) groups excluding carboxylic acids is 1. The van der Waals surface area contributed by atoms with Crippen LogP contribution in [0.3, 0.4) is 0 Å². The van der Waals surface area contributed by atoms with E-state index in [0.29, 0.717) is 19.3 Å².